The van der Waals surface area contributed by atoms with E-state index in [9.17, 15) is 23.3 Å². The molecule has 2 rings (SSSR count). The summed E-state index contributed by atoms with van der Waals surface area (Å²) in [4.78, 5) is 13.5. The minimum absolute atomic E-state index is 0.151. The second-order valence-corrected chi connectivity index (χ2v) is 4.75. The van der Waals surface area contributed by atoms with Crippen LogP contribution in [-0.4, -0.2) is 9.91 Å². The van der Waals surface area contributed by atoms with Gasteiger partial charge >= 0.3 is 6.18 Å². The third kappa shape index (κ3) is 3.23. The first kappa shape index (κ1) is 14.3. The number of nitro benzene ring substituents is 1. The lowest BCUT2D eigenvalue weighted by atomic mass is 10.1. The predicted molar refractivity (Wildman–Crippen MR) is 67.5 cm³/mol. The van der Waals surface area contributed by atoms with Gasteiger partial charge in [0.1, 0.15) is 10.6 Å². The van der Waals surface area contributed by atoms with Gasteiger partial charge in [0.2, 0.25) is 0 Å². The average Bonchev–Trinajstić information content (AvgIpc) is 2.88. The molecule has 0 spiro atoms. The van der Waals surface area contributed by atoms with E-state index in [2.05, 4.69) is 10.3 Å². The Hall–Kier alpha value is -2.16. The molecule has 0 atom stereocenters. The van der Waals surface area contributed by atoms with Crippen LogP contribution >= 0.6 is 11.3 Å². The molecule has 5 nitrogen and oxygen atoms in total. The van der Waals surface area contributed by atoms with Crippen LogP contribution in [0.15, 0.2) is 29.8 Å². The average molecular weight is 303 g/mol. The number of rotatable bonds is 4. The van der Waals surface area contributed by atoms with Crippen molar-refractivity contribution in [3.63, 3.8) is 0 Å². The normalized spacial score (nSPS) is 11.3. The van der Waals surface area contributed by atoms with Gasteiger partial charge in [-0.2, -0.15) is 13.2 Å². The number of nitro groups is 1. The molecule has 0 bridgehead atoms. The van der Waals surface area contributed by atoms with Crippen molar-refractivity contribution in [1.29, 1.82) is 0 Å². The molecule has 1 heterocycles. The van der Waals surface area contributed by atoms with Gasteiger partial charge in [0.25, 0.3) is 5.69 Å². The summed E-state index contributed by atoms with van der Waals surface area (Å²) in [6, 6.07) is 2.81. The minimum atomic E-state index is -4.78. The summed E-state index contributed by atoms with van der Waals surface area (Å²) in [5, 5.41) is 15.8. The summed E-state index contributed by atoms with van der Waals surface area (Å²) in [6.07, 6.45) is -3.19. The summed E-state index contributed by atoms with van der Waals surface area (Å²) >= 11 is 1.36. The van der Waals surface area contributed by atoms with Crippen LogP contribution in [0.2, 0.25) is 0 Å². The fourth-order valence-corrected chi connectivity index (χ4v) is 2.11. The zero-order chi connectivity index (χ0) is 14.8. The first-order valence-electron chi connectivity index (χ1n) is 5.36. The lowest BCUT2D eigenvalue weighted by Crippen LogP contribution is -2.10. The molecule has 9 heteroatoms. The Kier molecular flexibility index (Phi) is 3.89. The van der Waals surface area contributed by atoms with Crippen molar-refractivity contribution in [2.24, 2.45) is 0 Å². The van der Waals surface area contributed by atoms with Crippen molar-refractivity contribution in [3.05, 3.63) is 50.5 Å². The van der Waals surface area contributed by atoms with Crippen molar-refractivity contribution >= 4 is 22.7 Å². The lowest BCUT2D eigenvalue weighted by molar-refractivity contribution is -0.388. The van der Waals surface area contributed by atoms with E-state index in [1.807, 2.05) is 0 Å². The van der Waals surface area contributed by atoms with Crippen LogP contribution in [0.25, 0.3) is 0 Å². The number of aromatic nitrogens is 1. The highest BCUT2D eigenvalue weighted by atomic mass is 32.1. The van der Waals surface area contributed by atoms with Crippen LogP contribution in [0.1, 0.15) is 10.6 Å². The number of anilines is 1. The van der Waals surface area contributed by atoms with Crippen molar-refractivity contribution in [2.45, 2.75) is 12.7 Å². The Balaban J connectivity index is 2.25. The highest BCUT2D eigenvalue weighted by Crippen LogP contribution is 2.37. The summed E-state index contributed by atoms with van der Waals surface area (Å²) in [6.45, 7) is 0.257. The van der Waals surface area contributed by atoms with Crippen LogP contribution in [0.4, 0.5) is 24.5 Å². The van der Waals surface area contributed by atoms with E-state index in [1.165, 1.54) is 17.4 Å². The van der Waals surface area contributed by atoms with E-state index in [4.69, 9.17) is 0 Å². The lowest BCUT2D eigenvalue weighted by Gasteiger charge is -2.10. The fourth-order valence-electron chi connectivity index (χ4n) is 1.55. The number of nitrogens with zero attached hydrogens (tertiary/aromatic N) is 2. The molecule has 0 saturated heterocycles. The largest absolute Gasteiger partial charge is 0.423 e. The molecule has 0 fully saturated rings. The van der Waals surface area contributed by atoms with Gasteiger partial charge in [0.05, 0.1) is 11.5 Å². The maximum absolute atomic E-state index is 12.8. The molecule has 1 N–H and O–H groups in total. The number of benzene rings is 1. The topological polar surface area (TPSA) is 68.1 Å². The third-order valence-corrected chi connectivity index (χ3v) is 3.21. The van der Waals surface area contributed by atoms with Gasteiger partial charge in [0.15, 0.2) is 0 Å². The van der Waals surface area contributed by atoms with E-state index in [1.54, 1.807) is 11.6 Å². The van der Waals surface area contributed by atoms with Gasteiger partial charge in [0, 0.05) is 23.3 Å². The molecule has 0 saturated carbocycles. The van der Waals surface area contributed by atoms with E-state index in [-0.39, 0.29) is 12.2 Å². The van der Waals surface area contributed by atoms with E-state index in [0.29, 0.717) is 5.01 Å². The molecule has 0 radical (unpaired) electrons. The van der Waals surface area contributed by atoms with Crippen molar-refractivity contribution in [3.8, 4) is 0 Å². The first-order chi connectivity index (χ1) is 9.38. The van der Waals surface area contributed by atoms with Gasteiger partial charge < -0.3 is 5.32 Å². The molecule has 20 heavy (non-hydrogen) atoms. The summed E-state index contributed by atoms with van der Waals surface area (Å²) in [7, 11) is 0. The van der Waals surface area contributed by atoms with E-state index >= 15 is 0 Å². The van der Waals surface area contributed by atoms with Crippen LogP contribution in [0.3, 0.4) is 0 Å². The third-order valence-electron chi connectivity index (χ3n) is 2.43. The number of alkyl halides is 3. The number of hydrogen-bond acceptors (Lipinski definition) is 5. The molecule has 106 valence electrons. The summed E-state index contributed by atoms with van der Waals surface area (Å²) in [5.74, 6) is 0. The van der Waals surface area contributed by atoms with Crippen molar-refractivity contribution in [1.82, 2.24) is 4.98 Å². The standard InChI is InChI=1S/C11H8F3N3O2S/c12-11(13,14)8-5-7(1-2-9(8)17(18)19)16-6-10-15-3-4-20-10/h1-5,16H,6H2. The Morgan fingerprint density at radius 3 is 2.70 bits per heavy atom. The van der Waals surface area contributed by atoms with E-state index < -0.39 is 22.4 Å². The maximum Gasteiger partial charge on any atom is 0.423 e. The van der Waals surface area contributed by atoms with E-state index in [0.717, 1.165) is 12.1 Å². The Bertz CT molecular complexity index is 614. The highest BCUT2D eigenvalue weighted by molar-refractivity contribution is 7.09. The van der Waals surface area contributed by atoms with Crippen LogP contribution in [0, 0.1) is 10.1 Å². The zero-order valence-electron chi connectivity index (χ0n) is 9.85. The molecular formula is C11H8F3N3O2S. The van der Waals surface area contributed by atoms with Gasteiger partial charge in [-0.3, -0.25) is 10.1 Å². The monoisotopic (exact) mass is 303 g/mol. The van der Waals surface area contributed by atoms with Gasteiger partial charge in [-0.25, -0.2) is 4.98 Å². The maximum atomic E-state index is 12.8. The van der Waals surface area contributed by atoms with Crippen molar-refractivity contribution < 1.29 is 18.1 Å². The van der Waals surface area contributed by atoms with Gasteiger partial charge in [-0.05, 0) is 12.1 Å². The van der Waals surface area contributed by atoms with Crippen LogP contribution in [-0.2, 0) is 12.7 Å². The van der Waals surface area contributed by atoms with Crippen molar-refractivity contribution in [2.75, 3.05) is 5.32 Å². The Labute approximate surface area is 115 Å². The first-order valence-corrected chi connectivity index (χ1v) is 6.24. The predicted octanol–water partition coefficient (Wildman–Crippen LogP) is 3.68. The molecule has 0 aliphatic rings. The highest BCUT2D eigenvalue weighted by Gasteiger charge is 2.38. The summed E-state index contributed by atoms with van der Waals surface area (Å²) in [5.41, 5.74) is -2.08. The minimum Gasteiger partial charge on any atom is -0.379 e. The molecule has 0 aliphatic heterocycles. The Morgan fingerprint density at radius 2 is 2.15 bits per heavy atom. The number of halogens is 3. The van der Waals surface area contributed by atoms with Gasteiger partial charge in [-0.1, -0.05) is 0 Å². The molecular weight excluding hydrogens is 295 g/mol. The second kappa shape index (κ2) is 5.45. The number of nitrogens with one attached hydrogen (secondary N) is 1. The van der Waals surface area contributed by atoms with Crippen LogP contribution < -0.4 is 5.32 Å². The molecule has 0 unspecified atom stereocenters. The molecule has 1 aromatic carbocycles. The summed E-state index contributed by atoms with van der Waals surface area (Å²) < 4.78 is 38.3. The molecule has 0 aliphatic carbocycles. The quantitative estimate of drug-likeness (QED) is 0.691. The smallest absolute Gasteiger partial charge is 0.379 e. The molecule has 0 amide bonds. The Morgan fingerprint density at radius 1 is 1.40 bits per heavy atom. The SMILES string of the molecule is O=[N+]([O-])c1ccc(NCc2nccs2)cc1C(F)(F)F. The molecule has 2 aromatic rings. The zero-order valence-corrected chi connectivity index (χ0v) is 10.7. The fraction of sp³-hybridized carbons (Fsp3) is 0.182. The van der Waals surface area contributed by atoms with Crippen LogP contribution in [0.5, 0.6) is 0 Å². The molecule has 1 aromatic heterocycles. The second-order valence-electron chi connectivity index (χ2n) is 3.77. The number of hydrogen-bond donors (Lipinski definition) is 1. The number of thiazole rings is 1. The van der Waals surface area contributed by atoms with Gasteiger partial charge in [-0.15, -0.1) is 11.3 Å².